The van der Waals surface area contributed by atoms with E-state index in [1.165, 1.54) is 16.7 Å². The third kappa shape index (κ3) is 2.66. The second-order valence-electron chi connectivity index (χ2n) is 6.20. The highest BCUT2D eigenvalue weighted by Crippen LogP contribution is 2.26. The first-order valence-corrected chi connectivity index (χ1v) is 8.45. The zero-order valence-corrected chi connectivity index (χ0v) is 14.1. The molecule has 3 aromatic rings. The average Bonchev–Trinajstić information content (AvgIpc) is 3.09. The van der Waals surface area contributed by atoms with Gasteiger partial charge in [0.15, 0.2) is 0 Å². The number of hydrogen-bond acceptors (Lipinski definition) is 4. The summed E-state index contributed by atoms with van der Waals surface area (Å²) in [5.41, 5.74) is 5.12. The molecule has 0 saturated carbocycles. The molecule has 0 atom stereocenters. The molecule has 0 bridgehead atoms. The van der Waals surface area contributed by atoms with E-state index in [1.807, 2.05) is 11.4 Å². The monoisotopic (exact) mass is 319 g/mol. The highest BCUT2D eigenvalue weighted by Gasteiger charge is 2.17. The van der Waals surface area contributed by atoms with Crippen LogP contribution in [0.5, 0.6) is 0 Å². The molecule has 5 nitrogen and oxygen atoms in total. The van der Waals surface area contributed by atoms with Crippen molar-refractivity contribution in [1.29, 1.82) is 0 Å². The molecular formula is C19H21N5. The summed E-state index contributed by atoms with van der Waals surface area (Å²) in [6, 6.07) is 11.0. The maximum atomic E-state index is 4.42. The minimum atomic E-state index is 0.662. The van der Waals surface area contributed by atoms with E-state index in [1.54, 1.807) is 6.33 Å². The fourth-order valence-corrected chi connectivity index (χ4v) is 3.23. The van der Waals surface area contributed by atoms with Gasteiger partial charge in [0.25, 0.3) is 5.78 Å². The van der Waals surface area contributed by atoms with Crippen molar-refractivity contribution >= 4 is 17.2 Å². The van der Waals surface area contributed by atoms with Crippen molar-refractivity contribution in [3.8, 4) is 0 Å². The summed E-state index contributed by atoms with van der Waals surface area (Å²) in [4.78, 5) is 11.0. The molecule has 5 heteroatoms. The topological polar surface area (TPSA) is 46.3 Å². The lowest BCUT2D eigenvalue weighted by Crippen LogP contribution is -2.30. The molecule has 4 rings (SSSR count). The van der Waals surface area contributed by atoms with Crippen LogP contribution in [0.2, 0.25) is 0 Å². The fourth-order valence-electron chi connectivity index (χ4n) is 3.23. The molecule has 0 amide bonds. The number of nitrogens with zero attached hydrogens (tertiary/aromatic N) is 5. The molecule has 1 aliphatic heterocycles. The molecule has 0 radical (unpaired) electrons. The van der Waals surface area contributed by atoms with Crippen molar-refractivity contribution < 1.29 is 0 Å². The lowest BCUT2D eigenvalue weighted by atomic mass is 9.98. The van der Waals surface area contributed by atoms with Crippen LogP contribution in [0.4, 0.5) is 5.82 Å². The predicted molar refractivity (Wildman–Crippen MR) is 96.1 cm³/mol. The lowest BCUT2D eigenvalue weighted by Gasteiger charge is -2.28. The molecule has 3 heterocycles. The van der Waals surface area contributed by atoms with E-state index >= 15 is 0 Å². The molecule has 0 saturated heterocycles. The third-order valence-corrected chi connectivity index (χ3v) is 4.63. The number of benzene rings is 1. The van der Waals surface area contributed by atoms with Crippen LogP contribution < -0.4 is 4.90 Å². The first kappa shape index (κ1) is 14.9. The smallest absolute Gasteiger partial charge is 0.254 e. The number of aromatic nitrogens is 4. The normalized spacial score (nSPS) is 14.9. The predicted octanol–water partition coefficient (Wildman–Crippen LogP) is 3.29. The van der Waals surface area contributed by atoms with Crippen LogP contribution in [0.25, 0.3) is 11.4 Å². The van der Waals surface area contributed by atoms with Gasteiger partial charge in [-0.1, -0.05) is 37.3 Å². The van der Waals surface area contributed by atoms with Gasteiger partial charge in [-0.15, -0.1) is 0 Å². The van der Waals surface area contributed by atoms with Crippen molar-refractivity contribution in [3.63, 3.8) is 0 Å². The molecule has 0 fully saturated rings. The van der Waals surface area contributed by atoms with Gasteiger partial charge >= 0.3 is 0 Å². The molecule has 1 aliphatic rings. The first-order chi connectivity index (χ1) is 11.7. The Hall–Kier alpha value is -2.69. The lowest BCUT2D eigenvalue weighted by molar-refractivity contribution is 0.778. The van der Waals surface area contributed by atoms with Crippen LogP contribution in [0.15, 0.2) is 42.7 Å². The number of anilines is 1. The third-order valence-electron chi connectivity index (χ3n) is 4.63. The first-order valence-electron chi connectivity index (χ1n) is 8.45. The van der Waals surface area contributed by atoms with Crippen LogP contribution >= 0.6 is 0 Å². The summed E-state index contributed by atoms with van der Waals surface area (Å²) >= 11 is 0. The fraction of sp³-hybridized carbons (Fsp3) is 0.316. The standard InChI is InChI=1S/C19H21N5/c1-3-15-4-6-16(7-5-15)17-8-10-23(11-9-17)18-12-14(2)22-19-20-13-21-24(18)19/h4-8,12-13H,3,9-11H2,1-2H3. The summed E-state index contributed by atoms with van der Waals surface area (Å²) in [7, 11) is 0. The van der Waals surface area contributed by atoms with Crippen LogP contribution in [0.1, 0.15) is 30.2 Å². The van der Waals surface area contributed by atoms with E-state index in [4.69, 9.17) is 0 Å². The maximum absolute atomic E-state index is 4.42. The highest BCUT2D eigenvalue weighted by atomic mass is 15.4. The zero-order valence-electron chi connectivity index (χ0n) is 14.1. The van der Waals surface area contributed by atoms with Gasteiger partial charge in [0.2, 0.25) is 0 Å². The van der Waals surface area contributed by atoms with Crippen LogP contribution in [-0.4, -0.2) is 32.7 Å². The number of fused-ring (bicyclic) bond motifs is 1. The van der Waals surface area contributed by atoms with Crippen LogP contribution in [0.3, 0.4) is 0 Å². The van der Waals surface area contributed by atoms with Gasteiger partial charge in [-0.2, -0.15) is 14.6 Å². The molecular weight excluding hydrogens is 298 g/mol. The Kier molecular flexibility index (Phi) is 3.76. The van der Waals surface area contributed by atoms with E-state index in [2.05, 4.69) is 63.3 Å². The van der Waals surface area contributed by atoms with Crippen molar-refractivity contribution in [1.82, 2.24) is 19.6 Å². The second-order valence-corrected chi connectivity index (χ2v) is 6.20. The summed E-state index contributed by atoms with van der Waals surface area (Å²) in [5.74, 6) is 1.72. The maximum Gasteiger partial charge on any atom is 0.254 e. The summed E-state index contributed by atoms with van der Waals surface area (Å²) in [6.45, 7) is 6.04. The Bertz CT molecular complexity index is 892. The average molecular weight is 319 g/mol. The van der Waals surface area contributed by atoms with Gasteiger partial charge in [0.1, 0.15) is 12.1 Å². The van der Waals surface area contributed by atoms with E-state index in [-0.39, 0.29) is 0 Å². The van der Waals surface area contributed by atoms with Crippen LogP contribution in [0, 0.1) is 6.92 Å². The Balaban J connectivity index is 1.60. The molecule has 2 aromatic heterocycles. The Labute approximate surface area is 141 Å². The largest absolute Gasteiger partial charge is 0.352 e. The number of rotatable bonds is 3. The summed E-state index contributed by atoms with van der Waals surface area (Å²) < 4.78 is 1.82. The molecule has 122 valence electrons. The van der Waals surface area contributed by atoms with Crippen molar-refractivity contribution in [2.24, 2.45) is 0 Å². The van der Waals surface area contributed by atoms with Gasteiger partial charge in [-0.3, -0.25) is 0 Å². The van der Waals surface area contributed by atoms with Gasteiger partial charge in [0, 0.05) is 24.8 Å². The number of hydrogen-bond donors (Lipinski definition) is 0. The molecule has 1 aromatic carbocycles. The van der Waals surface area contributed by atoms with Gasteiger partial charge in [0.05, 0.1) is 0 Å². The highest BCUT2D eigenvalue weighted by molar-refractivity contribution is 5.68. The molecule has 0 N–H and O–H groups in total. The second kappa shape index (κ2) is 6.07. The molecule has 0 spiro atoms. The summed E-state index contributed by atoms with van der Waals surface area (Å²) in [5, 5.41) is 4.31. The van der Waals surface area contributed by atoms with Gasteiger partial charge in [-0.25, -0.2) is 4.98 Å². The quantitative estimate of drug-likeness (QED) is 0.743. The van der Waals surface area contributed by atoms with E-state index < -0.39 is 0 Å². The van der Waals surface area contributed by atoms with Crippen molar-refractivity contribution in [3.05, 3.63) is 59.6 Å². The molecule has 0 aliphatic carbocycles. The SMILES string of the molecule is CCc1ccc(C2=CCN(c3cc(C)nc4ncnn34)CC2)cc1. The Morgan fingerprint density at radius 2 is 2.00 bits per heavy atom. The van der Waals surface area contributed by atoms with E-state index in [9.17, 15) is 0 Å². The Morgan fingerprint density at radius 3 is 2.71 bits per heavy atom. The minimum absolute atomic E-state index is 0.662. The minimum Gasteiger partial charge on any atom is -0.352 e. The summed E-state index contributed by atoms with van der Waals surface area (Å²) in [6.07, 6.45) is 6.00. The van der Waals surface area contributed by atoms with E-state index in [0.717, 1.165) is 37.4 Å². The van der Waals surface area contributed by atoms with E-state index in [0.29, 0.717) is 5.78 Å². The van der Waals surface area contributed by atoms with Crippen LogP contribution in [-0.2, 0) is 6.42 Å². The zero-order chi connectivity index (χ0) is 16.5. The Morgan fingerprint density at radius 1 is 1.17 bits per heavy atom. The van der Waals surface area contributed by atoms with Gasteiger partial charge < -0.3 is 4.90 Å². The van der Waals surface area contributed by atoms with Crippen molar-refractivity contribution in [2.45, 2.75) is 26.7 Å². The number of aryl methyl sites for hydroxylation is 2. The van der Waals surface area contributed by atoms with Gasteiger partial charge in [-0.05, 0) is 36.5 Å². The molecule has 24 heavy (non-hydrogen) atoms. The van der Waals surface area contributed by atoms with Crippen molar-refractivity contribution in [2.75, 3.05) is 18.0 Å². The molecule has 0 unspecified atom stereocenters.